The number of amides is 1. The quantitative estimate of drug-likeness (QED) is 0.346. The molecule has 1 fully saturated rings. The second-order valence-electron chi connectivity index (χ2n) is 6.31. The van der Waals surface area contributed by atoms with E-state index >= 15 is 0 Å². The molecule has 1 aliphatic rings. The lowest BCUT2D eigenvalue weighted by molar-refractivity contribution is -0.124. The largest absolute Gasteiger partial charge is 0.409 e. The first-order valence-corrected chi connectivity index (χ1v) is 7.33. The Morgan fingerprint density at radius 1 is 1.38 bits per heavy atom. The molecule has 1 unspecified atom stereocenters. The smallest absolute Gasteiger partial charge is 0.228 e. The van der Waals surface area contributed by atoms with E-state index in [0.717, 1.165) is 19.3 Å². The van der Waals surface area contributed by atoms with Crippen LogP contribution in [0.4, 0.5) is 5.69 Å². The number of nitrogens with zero attached hydrogens (tertiary/aromatic N) is 1. The summed E-state index contributed by atoms with van der Waals surface area (Å²) in [6.07, 6.45) is 4.23. The van der Waals surface area contributed by atoms with Gasteiger partial charge in [0.2, 0.25) is 5.91 Å². The van der Waals surface area contributed by atoms with Crippen LogP contribution in [0.2, 0.25) is 0 Å². The maximum absolute atomic E-state index is 12.6. The van der Waals surface area contributed by atoms with Crippen LogP contribution in [0, 0.1) is 11.3 Å². The number of rotatable bonds is 3. The highest BCUT2D eigenvalue weighted by atomic mass is 16.4. The second-order valence-corrected chi connectivity index (χ2v) is 6.31. The molecule has 5 nitrogen and oxygen atoms in total. The van der Waals surface area contributed by atoms with Crippen molar-refractivity contribution >= 4 is 17.4 Å². The highest BCUT2D eigenvalue weighted by Crippen LogP contribution is 2.41. The number of hydrogen-bond acceptors (Lipinski definition) is 3. The average Bonchev–Trinajstić information content (AvgIpc) is 2.46. The van der Waals surface area contributed by atoms with Gasteiger partial charge in [-0.1, -0.05) is 44.0 Å². The van der Waals surface area contributed by atoms with Gasteiger partial charge >= 0.3 is 0 Å². The van der Waals surface area contributed by atoms with Crippen LogP contribution in [0.15, 0.2) is 29.4 Å². The Hall–Kier alpha value is -2.04. The molecule has 21 heavy (non-hydrogen) atoms. The average molecular weight is 289 g/mol. The molecule has 4 N–H and O–H groups in total. The number of nitrogens with two attached hydrogens (primary N) is 1. The zero-order valence-electron chi connectivity index (χ0n) is 12.6. The van der Waals surface area contributed by atoms with Crippen LogP contribution in [0.1, 0.15) is 45.1 Å². The first kappa shape index (κ1) is 15.4. The van der Waals surface area contributed by atoms with Gasteiger partial charge in [0.15, 0.2) is 5.84 Å². The van der Waals surface area contributed by atoms with Gasteiger partial charge in [-0.15, -0.1) is 0 Å². The van der Waals surface area contributed by atoms with Crippen molar-refractivity contribution in [3.63, 3.8) is 0 Å². The number of carbonyl (C=O) groups excluding carboxylic acids is 1. The van der Waals surface area contributed by atoms with Crippen LogP contribution in [0.5, 0.6) is 0 Å². The maximum atomic E-state index is 12.6. The van der Waals surface area contributed by atoms with Crippen LogP contribution in [0.3, 0.4) is 0 Å². The van der Waals surface area contributed by atoms with Gasteiger partial charge in [-0.3, -0.25) is 4.79 Å². The van der Waals surface area contributed by atoms with Crippen molar-refractivity contribution in [1.82, 2.24) is 0 Å². The molecule has 1 aromatic rings. The van der Waals surface area contributed by atoms with E-state index in [9.17, 15) is 4.79 Å². The van der Waals surface area contributed by atoms with E-state index in [1.807, 2.05) is 6.07 Å². The number of hydrogen-bond donors (Lipinski definition) is 3. The summed E-state index contributed by atoms with van der Waals surface area (Å²) >= 11 is 0. The lowest BCUT2D eigenvalue weighted by Gasteiger charge is -2.37. The molecule has 1 saturated carbocycles. The minimum atomic E-state index is -0.00778. The summed E-state index contributed by atoms with van der Waals surface area (Å²) in [5.74, 6) is -0.00158. The molecule has 0 bridgehead atoms. The van der Waals surface area contributed by atoms with Crippen molar-refractivity contribution in [2.45, 2.75) is 39.5 Å². The molecule has 0 saturated heterocycles. The Labute approximate surface area is 125 Å². The summed E-state index contributed by atoms with van der Waals surface area (Å²) < 4.78 is 0. The van der Waals surface area contributed by atoms with Crippen molar-refractivity contribution in [2.24, 2.45) is 22.2 Å². The Morgan fingerprint density at radius 3 is 2.76 bits per heavy atom. The summed E-state index contributed by atoms with van der Waals surface area (Å²) in [5, 5.41) is 14.8. The van der Waals surface area contributed by atoms with Crippen molar-refractivity contribution < 1.29 is 10.0 Å². The summed E-state index contributed by atoms with van der Waals surface area (Å²) in [7, 11) is 0. The molecule has 0 spiro atoms. The lowest BCUT2D eigenvalue weighted by Crippen LogP contribution is -2.37. The van der Waals surface area contributed by atoms with Gasteiger partial charge in [-0.25, -0.2) is 0 Å². The number of para-hydroxylation sites is 1. The highest BCUT2D eigenvalue weighted by molar-refractivity contribution is 6.05. The van der Waals surface area contributed by atoms with Crippen molar-refractivity contribution in [2.75, 3.05) is 5.32 Å². The third-order valence-electron chi connectivity index (χ3n) is 4.39. The van der Waals surface area contributed by atoms with Crippen LogP contribution in [-0.2, 0) is 4.79 Å². The molecule has 1 amide bonds. The standard InChI is InChI=1S/C16H23N3O2/c1-16(2)10-6-5-8-12(16)15(20)18-13-9-4-3-7-11(13)14(17)19-21/h3-4,7,9,12,21H,5-6,8,10H2,1-2H3,(H2,17,19)(H,18,20). The normalized spacial score (nSPS) is 21.8. The van der Waals surface area contributed by atoms with Gasteiger partial charge in [-0.2, -0.15) is 0 Å². The van der Waals surface area contributed by atoms with E-state index < -0.39 is 0 Å². The summed E-state index contributed by atoms with van der Waals surface area (Å²) in [6.45, 7) is 4.29. The molecule has 0 aliphatic heterocycles. The number of nitrogens with one attached hydrogen (secondary N) is 1. The van der Waals surface area contributed by atoms with Crippen LogP contribution in [-0.4, -0.2) is 17.0 Å². The summed E-state index contributed by atoms with van der Waals surface area (Å²) in [4.78, 5) is 12.6. The highest BCUT2D eigenvalue weighted by Gasteiger charge is 2.37. The molecule has 1 aromatic carbocycles. The zero-order chi connectivity index (χ0) is 15.5. The van der Waals surface area contributed by atoms with Crippen molar-refractivity contribution in [3.05, 3.63) is 29.8 Å². The minimum Gasteiger partial charge on any atom is -0.409 e. The number of amidine groups is 1. The van der Waals surface area contributed by atoms with Gasteiger partial charge in [0, 0.05) is 11.5 Å². The van der Waals surface area contributed by atoms with Crippen LogP contribution >= 0.6 is 0 Å². The predicted octanol–water partition coefficient (Wildman–Crippen LogP) is 2.94. The predicted molar refractivity (Wildman–Crippen MR) is 83.3 cm³/mol. The Bertz CT molecular complexity index is 552. The van der Waals surface area contributed by atoms with E-state index in [1.54, 1.807) is 18.2 Å². The first-order valence-electron chi connectivity index (χ1n) is 7.33. The van der Waals surface area contributed by atoms with Crippen LogP contribution < -0.4 is 11.1 Å². The van der Waals surface area contributed by atoms with Gasteiger partial charge in [0.05, 0.1) is 5.69 Å². The molecule has 114 valence electrons. The third kappa shape index (κ3) is 3.35. The molecular weight excluding hydrogens is 266 g/mol. The molecular formula is C16H23N3O2. The Morgan fingerprint density at radius 2 is 2.10 bits per heavy atom. The zero-order valence-corrected chi connectivity index (χ0v) is 12.6. The fourth-order valence-electron chi connectivity index (χ4n) is 3.07. The molecule has 1 aliphatic carbocycles. The van der Waals surface area contributed by atoms with E-state index in [0.29, 0.717) is 11.3 Å². The Kier molecular flexibility index (Phi) is 4.50. The van der Waals surface area contributed by atoms with Gasteiger partial charge in [-0.05, 0) is 30.4 Å². The van der Waals surface area contributed by atoms with E-state index in [-0.39, 0.29) is 23.1 Å². The molecule has 0 aromatic heterocycles. The van der Waals surface area contributed by atoms with Gasteiger partial charge in [0.25, 0.3) is 0 Å². The van der Waals surface area contributed by atoms with E-state index in [4.69, 9.17) is 10.9 Å². The molecule has 0 radical (unpaired) electrons. The Balaban J connectivity index is 2.20. The van der Waals surface area contributed by atoms with Gasteiger partial charge in [0.1, 0.15) is 0 Å². The summed E-state index contributed by atoms with van der Waals surface area (Å²) in [5.41, 5.74) is 6.77. The first-order chi connectivity index (χ1) is 9.95. The number of oxime groups is 1. The minimum absolute atomic E-state index is 0.00574. The van der Waals surface area contributed by atoms with Crippen molar-refractivity contribution in [1.29, 1.82) is 0 Å². The fraction of sp³-hybridized carbons (Fsp3) is 0.500. The van der Waals surface area contributed by atoms with Gasteiger partial charge < -0.3 is 16.3 Å². The number of benzene rings is 1. The van der Waals surface area contributed by atoms with E-state index in [1.165, 1.54) is 6.42 Å². The third-order valence-corrected chi connectivity index (χ3v) is 4.39. The van der Waals surface area contributed by atoms with Crippen LogP contribution in [0.25, 0.3) is 0 Å². The van der Waals surface area contributed by atoms with E-state index in [2.05, 4.69) is 24.3 Å². The topological polar surface area (TPSA) is 87.7 Å². The molecule has 5 heteroatoms. The fourth-order valence-corrected chi connectivity index (χ4v) is 3.07. The monoisotopic (exact) mass is 289 g/mol. The lowest BCUT2D eigenvalue weighted by atomic mass is 9.68. The SMILES string of the molecule is CC1(C)CCCCC1C(=O)Nc1ccccc1/C(N)=N/O. The molecule has 1 atom stereocenters. The molecule has 2 rings (SSSR count). The number of carbonyl (C=O) groups is 1. The summed E-state index contributed by atoms with van der Waals surface area (Å²) in [6, 6.07) is 7.08. The molecule has 0 heterocycles. The number of anilines is 1. The van der Waals surface area contributed by atoms with Crippen molar-refractivity contribution in [3.8, 4) is 0 Å². The maximum Gasteiger partial charge on any atom is 0.228 e. The second kappa shape index (κ2) is 6.16.